The summed E-state index contributed by atoms with van der Waals surface area (Å²) in [6.45, 7) is 11.7. The van der Waals surface area contributed by atoms with Gasteiger partial charge in [0.1, 0.15) is 12.0 Å². The zero-order valence-corrected chi connectivity index (χ0v) is 8.12. The molecule has 3 N–H and O–H groups in total. The monoisotopic (exact) mass is 180 g/mol. The first-order valence-corrected chi connectivity index (χ1v) is 4.26. The van der Waals surface area contributed by atoms with Crippen LogP contribution in [0.5, 0.6) is 0 Å². The molecule has 0 aromatic carbocycles. The van der Waals surface area contributed by atoms with Crippen LogP contribution >= 0.6 is 0 Å². The van der Waals surface area contributed by atoms with Crippen LogP contribution in [-0.4, -0.2) is 23.1 Å². The van der Waals surface area contributed by atoms with Crippen molar-refractivity contribution in [3.63, 3.8) is 0 Å². The maximum absolute atomic E-state index is 5.56. The van der Waals surface area contributed by atoms with Gasteiger partial charge in [-0.2, -0.15) is 0 Å². The second kappa shape index (κ2) is 3.51. The van der Waals surface area contributed by atoms with Crippen molar-refractivity contribution in [1.29, 1.82) is 0 Å². The van der Waals surface area contributed by atoms with E-state index in [1.54, 1.807) is 6.08 Å². The highest BCUT2D eigenvalue weighted by Gasteiger charge is 2.23. The van der Waals surface area contributed by atoms with Gasteiger partial charge in [-0.15, -0.1) is 0 Å². The molecule has 0 saturated carbocycles. The van der Waals surface area contributed by atoms with E-state index in [4.69, 9.17) is 5.73 Å². The number of rotatable bonds is 2. The third-order valence-corrected chi connectivity index (χ3v) is 1.91. The number of aliphatic imine (C=N–C) groups is 1. The average Bonchev–Trinajstić information content (AvgIpc) is 2.01. The number of hydrogen-bond acceptors (Lipinski definition) is 4. The van der Waals surface area contributed by atoms with E-state index in [0.29, 0.717) is 12.0 Å². The SMILES string of the molecule is C=CC1N=C(N)NC(=C)N1C(C)C. The molecule has 0 saturated heterocycles. The van der Waals surface area contributed by atoms with Crippen molar-refractivity contribution < 1.29 is 0 Å². The van der Waals surface area contributed by atoms with E-state index in [-0.39, 0.29) is 6.17 Å². The summed E-state index contributed by atoms with van der Waals surface area (Å²) in [5, 5.41) is 2.89. The van der Waals surface area contributed by atoms with E-state index < -0.39 is 0 Å². The first kappa shape index (κ1) is 9.64. The number of hydrogen-bond donors (Lipinski definition) is 2. The molecule has 0 spiro atoms. The molecule has 0 fully saturated rings. The van der Waals surface area contributed by atoms with Crippen LogP contribution in [0, 0.1) is 0 Å². The Morgan fingerprint density at radius 3 is 2.77 bits per heavy atom. The first-order valence-electron chi connectivity index (χ1n) is 4.26. The van der Waals surface area contributed by atoms with Gasteiger partial charge in [0.25, 0.3) is 0 Å². The summed E-state index contributed by atoms with van der Waals surface area (Å²) in [6, 6.07) is 0.319. The van der Waals surface area contributed by atoms with Gasteiger partial charge in [0.15, 0.2) is 5.96 Å². The van der Waals surface area contributed by atoms with Crippen LogP contribution in [0.25, 0.3) is 0 Å². The lowest BCUT2D eigenvalue weighted by Gasteiger charge is -2.37. The number of guanidine groups is 1. The zero-order valence-electron chi connectivity index (χ0n) is 8.12. The van der Waals surface area contributed by atoms with Gasteiger partial charge in [0.05, 0.1) is 0 Å². The zero-order chi connectivity index (χ0) is 10.0. The Morgan fingerprint density at radius 2 is 2.31 bits per heavy atom. The summed E-state index contributed by atoms with van der Waals surface area (Å²) in [4.78, 5) is 6.20. The topological polar surface area (TPSA) is 53.6 Å². The third kappa shape index (κ3) is 1.83. The molecule has 0 aromatic rings. The lowest BCUT2D eigenvalue weighted by atomic mass is 10.2. The molecular weight excluding hydrogens is 164 g/mol. The van der Waals surface area contributed by atoms with Crippen LogP contribution in [0.2, 0.25) is 0 Å². The predicted molar refractivity (Wildman–Crippen MR) is 54.9 cm³/mol. The van der Waals surface area contributed by atoms with Crippen LogP contribution in [0.3, 0.4) is 0 Å². The standard InChI is InChI=1S/C9H16N4/c1-5-8-12-9(10)11-7(4)13(8)6(2)3/h5-6,8H,1,4H2,2-3H3,(H3,10,11,12). The van der Waals surface area contributed by atoms with Crippen LogP contribution in [-0.2, 0) is 0 Å². The molecule has 0 radical (unpaired) electrons. The summed E-state index contributed by atoms with van der Waals surface area (Å²) >= 11 is 0. The summed E-state index contributed by atoms with van der Waals surface area (Å²) in [7, 11) is 0. The quantitative estimate of drug-likeness (QED) is 0.612. The first-order chi connectivity index (χ1) is 6.06. The highest BCUT2D eigenvalue weighted by Crippen LogP contribution is 2.15. The summed E-state index contributed by atoms with van der Waals surface area (Å²) in [5.74, 6) is 1.17. The summed E-state index contributed by atoms with van der Waals surface area (Å²) in [6.07, 6.45) is 1.65. The Balaban J connectivity index is 2.93. The second-order valence-corrected chi connectivity index (χ2v) is 3.24. The minimum Gasteiger partial charge on any atom is -0.370 e. The molecule has 4 nitrogen and oxygen atoms in total. The Morgan fingerprint density at radius 1 is 1.69 bits per heavy atom. The lowest BCUT2D eigenvalue weighted by molar-refractivity contribution is 0.226. The van der Waals surface area contributed by atoms with Crippen molar-refractivity contribution in [2.24, 2.45) is 10.7 Å². The Kier molecular flexibility index (Phi) is 2.60. The van der Waals surface area contributed by atoms with Gasteiger partial charge < -0.3 is 16.0 Å². The molecule has 1 heterocycles. The number of nitrogens with one attached hydrogen (secondary N) is 1. The van der Waals surface area contributed by atoms with Crippen molar-refractivity contribution >= 4 is 5.96 Å². The molecular formula is C9H16N4. The Hall–Kier alpha value is -1.45. The third-order valence-electron chi connectivity index (χ3n) is 1.91. The van der Waals surface area contributed by atoms with Crippen molar-refractivity contribution in [1.82, 2.24) is 10.2 Å². The summed E-state index contributed by atoms with van der Waals surface area (Å²) in [5.41, 5.74) is 5.56. The summed E-state index contributed by atoms with van der Waals surface area (Å²) < 4.78 is 0. The van der Waals surface area contributed by atoms with Crippen LogP contribution < -0.4 is 11.1 Å². The van der Waals surface area contributed by atoms with Crippen molar-refractivity contribution in [2.45, 2.75) is 26.1 Å². The molecule has 0 aromatic heterocycles. The van der Waals surface area contributed by atoms with E-state index in [1.165, 1.54) is 0 Å². The molecule has 1 atom stereocenters. The van der Waals surface area contributed by atoms with E-state index >= 15 is 0 Å². The van der Waals surface area contributed by atoms with Crippen molar-refractivity contribution in [2.75, 3.05) is 0 Å². The van der Waals surface area contributed by atoms with Gasteiger partial charge >= 0.3 is 0 Å². The van der Waals surface area contributed by atoms with Gasteiger partial charge in [-0.3, -0.25) is 0 Å². The second-order valence-electron chi connectivity index (χ2n) is 3.24. The van der Waals surface area contributed by atoms with E-state index in [9.17, 15) is 0 Å². The Labute approximate surface area is 78.8 Å². The van der Waals surface area contributed by atoms with Crippen molar-refractivity contribution in [3.05, 3.63) is 25.1 Å². The fourth-order valence-electron chi connectivity index (χ4n) is 1.39. The maximum Gasteiger partial charge on any atom is 0.196 e. The lowest BCUT2D eigenvalue weighted by Crippen LogP contribution is -2.50. The molecule has 4 heteroatoms. The van der Waals surface area contributed by atoms with Crippen LogP contribution in [0.4, 0.5) is 0 Å². The fourth-order valence-corrected chi connectivity index (χ4v) is 1.39. The highest BCUT2D eigenvalue weighted by atomic mass is 15.4. The normalized spacial score (nSPS) is 22.7. The van der Waals surface area contributed by atoms with E-state index in [1.807, 2.05) is 4.90 Å². The number of nitrogens with two attached hydrogens (primary N) is 1. The van der Waals surface area contributed by atoms with Crippen LogP contribution in [0.15, 0.2) is 30.0 Å². The smallest absolute Gasteiger partial charge is 0.196 e. The van der Waals surface area contributed by atoms with Crippen molar-refractivity contribution in [3.8, 4) is 0 Å². The molecule has 1 aliphatic rings. The molecule has 1 aliphatic heterocycles. The molecule has 1 rings (SSSR count). The maximum atomic E-state index is 5.56. The van der Waals surface area contributed by atoms with Gasteiger partial charge in [0.2, 0.25) is 0 Å². The van der Waals surface area contributed by atoms with Gasteiger partial charge in [-0.25, -0.2) is 4.99 Å². The van der Waals surface area contributed by atoms with Gasteiger partial charge in [-0.05, 0) is 19.9 Å². The van der Waals surface area contributed by atoms with Crippen LogP contribution in [0.1, 0.15) is 13.8 Å². The molecule has 0 amide bonds. The molecule has 1 unspecified atom stereocenters. The molecule has 0 aliphatic carbocycles. The largest absolute Gasteiger partial charge is 0.370 e. The van der Waals surface area contributed by atoms with E-state index in [2.05, 4.69) is 37.3 Å². The minimum atomic E-state index is -0.103. The Bertz CT molecular complexity index is 254. The predicted octanol–water partition coefficient (Wildman–Crippen LogP) is 0.598. The van der Waals surface area contributed by atoms with E-state index in [0.717, 1.165) is 5.82 Å². The minimum absolute atomic E-state index is 0.103. The average molecular weight is 180 g/mol. The molecule has 13 heavy (non-hydrogen) atoms. The fraction of sp³-hybridized carbons (Fsp3) is 0.444. The molecule has 0 bridgehead atoms. The molecule has 72 valence electrons. The van der Waals surface area contributed by atoms with Gasteiger partial charge in [-0.1, -0.05) is 13.2 Å². The number of nitrogens with zero attached hydrogens (tertiary/aromatic N) is 2. The van der Waals surface area contributed by atoms with Gasteiger partial charge in [0, 0.05) is 6.04 Å². The highest BCUT2D eigenvalue weighted by molar-refractivity contribution is 5.80.